The van der Waals surface area contributed by atoms with Gasteiger partial charge in [0.05, 0.1) is 6.20 Å². The van der Waals surface area contributed by atoms with E-state index in [4.69, 9.17) is 4.74 Å². The van der Waals surface area contributed by atoms with Crippen molar-refractivity contribution < 1.29 is 27.4 Å². The number of aromatic nitrogens is 1. The summed E-state index contributed by atoms with van der Waals surface area (Å²) in [4.78, 5) is 15.9. The maximum absolute atomic E-state index is 12.1. The molecule has 0 saturated carbocycles. The van der Waals surface area contributed by atoms with Crippen LogP contribution in [0.25, 0.3) is 0 Å². The van der Waals surface area contributed by atoms with E-state index >= 15 is 0 Å². The summed E-state index contributed by atoms with van der Waals surface area (Å²) in [5, 5.41) is 2.60. The smallest absolute Gasteiger partial charge is 0.422 e. The number of benzene rings is 1. The van der Waals surface area contributed by atoms with Gasteiger partial charge in [-0.1, -0.05) is 0 Å². The number of alkyl halides is 3. The number of carbonyl (C=O) groups is 1. The first-order chi connectivity index (χ1) is 11.3. The molecule has 8 heteroatoms. The topological polar surface area (TPSA) is 60.5 Å². The van der Waals surface area contributed by atoms with Crippen molar-refractivity contribution in [3.8, 4) is 11.5 Å². The Morgan fingerprint density at radius 1 is 1.21 bits per heavy atom. The van der Waals surface area contributed by atoms with Crippen LogP contribution >= 0.6 is 0 Å². The number of halogens is 3. The van der Waals surface area contributed by atoms with E-state index < -0.39 is 24.8 Å². The van der Waals surface area contributed by atoms with Crippen LogP contribution in [0.4, 0.5) is 18.9 Å². The maximum atomic E-state index is 12.1. The Bertz CT molecular complexity index is 661. The number of rotatable bonds is 6. The van der Waals surface area contributed by atoms with Gasteiger partial charge in [0.25, 0.3) is 5.91 Å². The van der Waals surface area contributed by atoms with E-state index in [0.717, 1.165) is 0 Å². The van der Waals surface area contributed by atoms with Gasteiger partial charge in [-0.15, -0.1) is 0 Å². The van der Waals surface area contributed by atoms with Gasteiger partial charge in [-0.05, 0) is 43.3 Å². The SMILES string of the molecule is CC(Oc1cccnc1)C(=O)Nc1ccc(OCC(F)(F)F)cc1. The number of hydrogen-bond donors (Lipinski definition) is 1. The molecule has 0 spiro atoms. The number of nitrogens with zero attached hydrogens (tertiary/aromatic N) is 1. The normalized spacial score (nSPS) is 12.3. The first kappa shape index (κ1) is 17.6. The number of anilines is 1. The third-order valence-corrected chi connectivity index (χ3v) is 2.84. The molecule has 0 saturated heterocycles. The van der Waals surface area contributed by atoms with Crippen molar-refractivity contribution in [3.05, 3.63) is 48.8 Å². The van der Waals surface area contributed by atoms with Crippen molar-refractivity contribution in [2.24, 2.45) is 0 Å². The summed E-state index contributed by atoms with van der Waals surface area (Å²) < 4.78 is 46.2. The fourth-order valence-electron chi connectivity index (χ4n) is 1.72. The summed E-state index contributed by atoms with van der Waals surface area (Å²) in [6.45, 7) is 0.206. The van der Waals surface area contributed by atoms with Crippen LogP contribution in [0.15, 0.2) is 48.8 Å². The molecule has 0 fully saturated rings. The van der Waals surface area contributed by atoms with Crippen molar-refractivity contribution in [1.82, 2.24) is 4.98 Å². The molecule has 1 aromatic carbocycles. The van der Waals surface area contributed by atoms with Gasteiger partial charge in [0.1, 0.15) is 11.5 Å². The van der Waals surface area contributed by atoms with Crippen LogP contribution in [0.3, 0.4) is 0 Å². The molecule has 0 aliphatic carbocycles. The Morgan fingerprint density at radius 2 is 1.92 bits per heavy atom. The fourth-order valence-corrected chi connectivity index (χ4v) is 1.72. The minimum atomic E-state index is -4.40. The van der Waals surface area contributed by atoms with Gasteiger partial charge in [-0.2, -0.15) is 13.2 Å². The lowest BCUT2D eigenvalue weighted by atomic mass is 10.3. The van der Waals surface area contributed by atoms with Gasteiger partial charge < -0.3 is 14.8 Å². The molecule has 2 rings (SSSR count). The van der Waals surface area contributed by atoms with Crippen LogP contribution in [-0.4, -0.2) is 29.8 Å². The Balaban J connectivity index is 1.87. The van der Waals surface area contributed by atoms with Crippen molar-refractivity contribution in [2.75, 3.05) is 11.9 Å². The molecule has 1 heterocycles. The monoisotopic (exact) mass is 340 g/mol. The molecule has 0 aliphatic rings. The van der Waals surface area contributed by atoms with Crippen LogP contribution in [0.5, 0.6) is 11.5 Å². The quantitative estimate of drug-likeness (QED) is 0.875. The van der Waals surface area contributed by atoms with E-state index in [1.807, 2.05) is 0 Å². The summed E-state index contributed by atoms with van der Waals surface area (Å²) in [5.74, 6) is 0.115. The summed E-state index contributed by atoms with van der Waals surface area (Å²) in [7, 11) is 0. The summed E-state index contributed by atoms with van der Waals surface area (Å²) >= 11 is 0. The Hall–Kier alpha value is -2.77. The molecule has 1 N–H and O–H groups in total. The molecule has 0 aliphatic heterocycles. The molecule has 128 valence electrons. The van der Waals surface area contributed by atoms with Gasteiger partial charge in [0.15, 0.2) is 12.7 Å². The Labute approximate surface area is 136 Å². The van der Waals surface area contributed by atoms with Crippen molar-refractivity contribution in [1.29, 1.82) is 0 Å². The van der Waals surface area contributed by atoms with E-state index in [-0.39, 0.29) is 5.75 Å². The molecule has 1 atom stereocenters. The first-order valence-electron chi connectivity index (χ1n) is 7.01. The maximum Gasteiger partial charge on any atom is 0.422 e. The molecule has 2 aromatic rings. The second kappa shape index (κ2) is 7.67. The predicted molar refractivity (Wildman–Crippen MR) is 80.9 cm³/mol. The predicted octanol–water partition coefficient (Wildman–Crippen LogP) is 3.43. The molecular formula is C16H15F3N2O3. The Kier molecular flexibility index (Phi) is 5.62. The largest absolute Gasteiger partial charge is 0.484 e. The molecule has 5 nitrogen and oxygen atoms in total. The number of amides is 1. The highest BCUT2D eigenvalue weighted by atomic mass is 19.4. The zero-order valence-electron chi connectivity index (χ0n) is 12.7. The molecule has 1 amide bonds. The average Bonchev–Trinajstić information content (AvgIpc) is 2.54. The van der Waals surface area contributed by atoms with Crippen LogP contribution in [-0.2, 0) is 4.79 Å². The average molecular weight is 340 g/mol. The zero-order valence-corrected chi connectivity index (χ0v) is 12.7. The molecule has 0 radical (unpaired) electrons. The number of carbonyl (C=O) groups excluding carboxylic acids is 1. The van der Waals surface area contributed by atoms with Gasteiger partial charge in [-0.3, -0.25) is 9.78 Å². The third-order valence-electron chi connectivity index (χ3n) is 2.84. The van der Waals surface area contributed by atoms with Gasteiger partial charge >= 0.3 is 6.18 Å². The highest BCUT2D eigenvalue weighted by Crippen LogP contribution is 2.20. The van der Waals surface area contributed by atoms with E-state index in [9.17, 15) is 18.0 Å². The zero-order chi connectivity index (χ0) is 17.6. The Morgan fingerprint density at radius 3 is 2.50 bits per heavy atom. The summed E-state index contributed by atoms with van der Waals surface area (Å²) in [6, 6.07) is 8.92. The lowest BCUT2D eigenvalue weighted by molar-refractivity contribution is -0.153. The lowest BCUT2D eigenvalue weighted by Gasteiger charge is -2.14. The lowest BCUT2D eigenvalue weighted by Crippen LogP contribution is -2.30. The van der Waals surface area contributed by atoms with Gasteiger partial charge in [-0.25, -0.2) is 0 Å². The van der Waals surface area contributed by atoms with E-state index in [1.165, 1.54) is 30.5 Å². The van der Waals surface area contributed by atoms with Gasteiger partial charge in [0, 0.05) is 11.9 Å². The second-order valence-electron chi connectivity index (χ2n) is 4.87. The van der Waals surface area contributed by atoms with Crippen LogP contribution in [0.2, 0.25) is 0 Å². The molecule has 1 unspecified atom stereocenters. The molecule has 24 heavy (non-hydrogen) atoms. The van der Waals surface area contributed by atoms with E-state index in [1.54, 1.807) is 25.3 Å². The fraction of sp³-hybridized carbons (Fsp3) is 0.250. The minimum absolute atomic E-state index is 0.0602. The first-order valence-corrected chi connectivity index (χ1v) is 7.01. The van der Waals surface area contributed by atoms with E-state index in [0.29, 0.717) is 11.4 Å². The van der Waals surface area contributed by atoms with Crippen molar-refractivity contribution in [3.63, 3.8) is 0 Å². The molecular weight excluding hydrogens is 325 g/mol. The number of ether oxygens (including phenoxy) is 2. The minimum Gasteiger partial charge on any atom is -0.484 e. The highest BCUT2D eigenvalue weighted by molar-refractivity contribution is 5.94. The second-order valence-corrected chi connectivity index (χ2v) is 4.87. The number of pyridine rings is 1. The molecule has 0 bridgehead atoms. The van der Waals surface area contributed by atoms with Crippen LogP contribution in [0.1, 0.15) is 6.92 Å². The summed E-state index contributed by atoms with van der Waals surface area (Å²) in [6.07, 6.45) is -2.10. The van der Waals surface area contributed by atoms with Gasteiger partial charge in [0.2, 0.25) is 0 Å². The van der Waals surface area contributed by atoms with Crippen molar-refractivity contribution in [2.45, 2.75) is 19.2 Å². The van der Waals surface area contributed by atoms with Crippen molar-refractivity contribution >= 4 is 11.6 Å². The standard InChI is InChI=1S/C16H15F3N2O3/c1-11(24-14-3-2-8-20-9-14)15(22)21-12-4-6-13(7-5-12)23-10-16(17,18)19/h2-9,11H,10H2,1H3,(H,21,22). The number of hydrogen-bond acceptors (Lipinski definition) is 4. The third kappa shape index (κ3) is 5.79. The highest BCUT2D eigenvalue weighted by Gasteiger charge is 2.28. The number of nitrogens with one attached hydrogen (secondary N) is 1. The summed E-state index contributed by atoms with van der Waals surface area (Å²) in [5.41, 5.74) is 0.418. The van der Waals surface area contributed by atoms with Crippen LogP contribution in [0, 0.1) is 0 Å². The molecule has 1 aromatic heterocycles. The van der Waals surface area contributed by atoms with E-state index in [2.05, 4.69) is 15.0 Å². The van der Waals surface area contributed by atoms with Crippen LogP contribution < -0.4 is 14.8 Å².